The number of rotatable bonds is 5. The van der Waals surface area contributed by atoms with Crippen LogP contribution in [0.4, 0.5) is 4.39 Å². The predicted molar refractivity (Wildman–Crippen MR) is 81.8 cm³/mol. The van der Waals surface area contributed by atoms with Gasteiger partial charge in [0.1, 0.15) is 17.2 Å². The van der Waals surface area contributed by atoms with Gasteiger partial charge in [-0.1, -0.05) is 0 Å². The van der Waals surface area contributed by atoms with Crippen molar-refractivity contribution in [1.29, 1.82) is 0 Å². The first kappa shape index (κ1) is 16.0. The molecule has 4 nitrogen and oxygen atoms in total. The Morgan fingerprint density at radius 3 is 2.29 bits per heavy atom. The molecule has 0 bridgehead atoms. The van der Waals surface area contributed by atoms with Gasteiger partial charge < -0.3 is 14.8 Å². The lowest BCUT2D eigenvalue weighted by Gasteiger charge is -2.29. The molecule has 118 valence electrons. The highest BCUT2D eigenvalue weighted by Gasteiger charge is 2.26. The van der Waals surface area contributed by atoms with Crippen LogP contribution in [0.5, 0.6) is 11.5 Å². The Balaban J connectivity index is 2.33. The second kappa shape index (κ2) is 6.62. The van der Waals surface area contributed by atoms with Gasteiger partial charge >= 0.3 is 0 Å². The van der Waals surface area contributed by atoms with E-state index in [0.717, 1.165) is 44.0 Å². The van der Waals surface area contributed by atoms with Gasteiger partial charge in [0.15, 0.2) is 0 Å². The molecule has 2 rings (SSSR count). The molecule has 0 aromatic heterocycles. The molecule has 1 heterocycles. The maximum absolute atomic E-state index is 14.4. The van der Waals surface area contributed by atoms with Crippen molar-refractivity contribution in [3.8, 4) is 11.5 Å². The Bertz CT molecular complexity index is 480. The summed E-state index contributed by atoms with van der Waals surface area (Å²) in [6.07, 6.45) is 0. The third-order valence-corrected chi connectivity index (χ3v) is 3.85. The van der Waals surface area contributed by atoms with Gasteiger partial charge in [-0.15, -0.1) is 0 Å². The standard InChI is InChI=1S/C16H25FN2O2/c1-16(2,17)13-9-12(11-19-7-5-18-6-8-19)14(20-3)10-15(13)21-4/h9-10,18H,5-8,11H2,1-4H3. The number of nitrogens with zero attached hydrogens (tertiary/aromatic N) is 1. The molecule has 1 aliphatic rings. The van der Waals surface area contributed by atoms with E-state index in [4.69, 9.17) is 9.47 Å². The molecule has 1 aromatic rings. The third-order valence-electron chi connectivity index (χ3n) is 3.85. The number of hydrogen-bond acceptors (Lipinski definition) is 4. The molecular weight excluding hydrogens is 271 g/mol. The van der Waals surface area contributed by atoms with Gasteiger partial charge in [0, 0.05) is 49.9 Å². The molecule has 5 heteroatoms. The highest BCUT2D eigenvalue weighted by Crippen LogP contribution is 2.38. The Labute approximate surface area is 126 Å². The van der Waals surface area contributed by atoms with Gasteiger partial charge in [-0.3, -0.25) is 4.90 Å². The number of piperazine rings is 1. The summed E-state index contributed by atoms with van der Waals surface area (Å²) >= 11 is 0. The maximum Gasteiger partial charge on any atom is 0.134 e. The zero-order valence-electron chi connectivity index (χ0n) is 13.3. The summed E-state index contributed by atoms with van der Waals surface area (Å²) < 4.78 is 25.2. The van der Waals surface area contributed by atoms with Gasteiger partial charge in [-0.05, 0) is 19.9 Å². The van der Waals surface area contributed by atoms with Gasteiger partial charge in [-0.25, -0.2) is 4.39 Å². The van der Waals surface area contributed by atoms with Crippen molar-refractivity contribution in [3.05, 3.63) is 23.3 Å². The van der Waals surface area contributed by atoms with Crippen LogP contribution in [-0.4, -0.2) is 45.3 Å². The Kier molecular flexibility index (Phi) is 5.06. The van der Waals surface area contributed by atoms with Crippen LogP contribution in [0.15, 0.2) is 12.1 Å². The molecule has 0 amide bonds. The highest BCUT2D eigenvalue weighted by atomic mass is 19.1. The fraction of sp³-hybridized carbons (Fsp3) is 0.625. The Morgan fingerprint density at radius 2 is 1.76 bits per heavy atom. The minimum Gasteiger partial charge on any atom is -0.496 e. The molecule has 21 heavy (non-hydrogen) atoms. The first-order valence-electron chi connectivity index (χ1n) is 7.33. The van der Waals surface area contributed by atoms with Crippen LogP contribution in [-0.2, 0) is 12.2 Å². The Hall–Kier alpha value is -1.33. The summed E-state index contributed by atoms with van der Waals surface area (Å²) in [5, 5.41) is 3.33. The molecule has 1 saturated heterocycles. The highest BCUT2D eigenvalue weighted by molar-refractivity contribution is 5.48. The summed E-state index contributed by atoms with van der Waals surface area (Å²) in [5.41, 5.74) is 0.118. The van der Waals surface area contributed by atoms with Crippen molar-refractivity contribution in [2.45, 2.75) is 26.1 Å². The number of hydrogen-bond donors (Lipinski definition) is 1. The molecule has 0 atom stereocenters. The van der Waals surface area contributed by atoms with Crippen LogP contribution in [0.25, 0.3) is 0 Å². The van der Waals surface area contributed by atoms with Gasteiger partial charge in [0.2, 0.25) is 0 Å². The summed E-state index contributed by atoms with van der Waals surface area (Å²) in [6, 6.07) is 3.66. The minimum atomic E-state index is -1.45. The van der Waals surface area contributed by atoms with Crippen LogP contribution in [0.2, 0.25) is 0 Å². The van der Waals surface area contributed by atoms with Crippen molar-refractivity contribution in [2.24, 2.45) is 0 Å². The first-order valence-corrected chi connectivity index (χ1v) is 7.33. The largest absolute Gasteiger partial charge is 0.496 e. The van der Waals surface area contributed by atoms with Crippen LogP contribution < -0.4 is 14.8 Å². The average Bonchev–Trinajstić information content (AvgIpc) is 2.47. The maximum atomic E-state index is 14.4. The van der Waals surface area contributed by atoms with Crippen molar-refractivity contribution >= 4 is 0 Å². The number of ether oxygens (including phenoxy) is 2. The van der Waals surface area contributed by atoms with Crippen LogP contribution in [0, 0.1) is 0 Å². The number of halogens is 1. The van der Waals surface area contributed by atoms with Crippen LogP contribution in [0.1, 0.15) is 25.0 Å². The molecule has 0 saturated carbocycles. The number of benzene rings is 1. The van der Waals surface area contributed by atoms with Gasteiger partial charge in [-0.2, -0.15) is 0 Å². The van der Waals surface area contributed by atoms with Crippen molar-refractivity contribution in [1.82, 2.24) is 10.2 Å². The fourth-order valence-electron chi connectivity index (χ4n) is 2.66. The van der Waals surface area contributed by atoms with E-state index in [0.29, 0.717) is 11.3 Å². The van der Waals surface area contributed by atoms with Gasteiger partial charge in [0.25, 0.3) is 0 Å². The molecule has 0 spiro atoms. The molecule has 0 unspecified atom stereocenters. The number of nitrogens with one attached hydrogen (secondary N) is 1. The smallest absolute Gasteiger partial charge is 0.134 e. The monoisotopic (exact) mass is 296 g/mol. The SMILES string of the molecule is COc1cc(OC)c(C(C)(C)F)cc1CN1CCNCC1. The van der Waals surface area contributed by atoms with E-state index in [-0.39, 0.29) is 0 Å². The summed E-state index contributed by atoms with van der Waals surface area (Å²) in [6.45, 7) is 7.81. The van der Waals surface area contributed by atoms with E-state index < -0.39 is 5.67 Å². The molecule has 0 radical (unpaired) electrons. The van der Waals surface area contributed by atoms with E-state index in [1.165, 1.54) is 0 Å². The van der Waals surface area contributed by atoms with E-state index in [1.807, 2.05) is 6.07 Å². The summed E-state index contributed by atoms with van der Waals surface area (Å²) in [5.74, 6) is 1.28. The van der Waals surface area contributed by atoms with E-state index in [2.05, 4.69) is 10.2 Å². The van der Waals surface area contributed by atoms with Crippen molar-refractivity contribution in [3.63, 3.8) is 0 Å². The van der Waals surface area contributed by atoms with E-state index in [1.54, 1.807) is 34.1 Å². The molecule has 1 aliphatic heterocycles. The average molecular weight is 296 g/mol. The van der Waals surface area contributed by atoms with Crippen molar-refractivity contribution in [2.75, 3.05) is 40.4 Å². The molecule has 0 aliphatic carbocycles. The molecule has 1 N–H and O–H groups in total. The number of alkyl halides is 1. The minimum absolute atomic E-state index is 0.531. The van der Waals surface area contributed by atoms with Crippen molar-refractivity contribution < 1.29 is 13.9 Å². The van der Waals surface area contributed by atoms with Gasteiger partial charge in [0.05, 0.1) is 14.2 Å². The lowest BCUT2D eigenvalue weighted by Crippen LogP contribution is -2.42. The third kappa shape index (κ3) is 3.86. The quantitative estimate of drug-likeness (QED) is 0.904. The normalized spacial score (nSPS) is 16.8. The number of methoxy groups -OCH3 is 2. The van der Waals surface area contributed by atoms with Crippen LogP contribution in [0.3, 0.4) is 0 Å². The zero-order valence-corrected chi connectivity index (χ0v) is 13.3. The predicted octanol–water partition coefficient (Wildman–Crippen LogP) is 2.31. The first-order chi connectivity index (χ1) is 9.95. The summed E-state index contributed by atoms with van der Waals surface area (Å²) in [7, 11) is 3.19. The topological polar surface area (TPSA) is 33.7 Å². The lowest BCUT2D eigenvalue weighted by molar-refractivity contribution is 0.210. The summed E-state index contributed by atoms with van der Waals surface area (Å²) in [4.78, 5) is 2.34. The Morgan fingerprint density at radius 1 is 1.14 bits per heavy atom. The second-order valence-corrected chi connectivity index (χ2v) is 5.86. The van der Waals surface area contributed by atoms with Crippen LogP contribution >= 0.6 is 0 Å². The van der Waals surface area contributed by atoms with E-state index >= 15 is 0 Å². The molecule has 1 fully saturated rings. The fourth-order valence-corrected chi connectivity index (χ4v) is 2.66. The lowest BCUT2D eigenvalue weighted by atomic mass is 9.96. The van der Waals surface area contributed by atoms with E-state index in [9.17, 15) is 4.39 Å². The molecule has 1 aromatic carbocycles. The zero-order chi connectivity index (χ0) is 15.5. The second-order valence-electron chi connectivity index (χ2n) is 5.86. The molecular formula is C16H25FN2O2.